The van der Waals surface area contributed by atoms with Crippen LogP contribution in [0.5, 0.6) is 11.5 Å². The van der Waals surface area contributed by atoms with Crippen LogP contribution in [0.2, 0.25) is 0 Å². The highest BCUT2D eigenvalue weighted by Gasteiger charge is 2.23. The monoisotopic (exact) mass is 393 g/mol. The van der Waals surface area contributed by atoms with Crippen molar-refractivity contribution < 1.29 is 23.1 Å². The Bertz CT molecular complexity index is 1290. The first-order valence-corrected chi connectivity index (χ1v) is 8.45. The minimum atomic E-state index is -0.459. The van der Waals surface area contributed by atoms with Gasteiger partial charge in [0.1, 0.15) is 17.4 Å². The lowest BCUT2D eigenvalue weighted by molar-refractivity contribution is 0.0954. The Morgan fingerprint density at radius 3 is 2.72 bits per heavy atom. The lowest BCUT2D eigenvalue weighted by Crippen LogP contribution is -2.18. The molecule has 3 aromatic heterocycles. The quantitative estimate of drug-likeness (QED) is 0.409. The molecule has 0 unspecified atom stereocenters. The number of fused-ring (bicyclic) bond motifs is 2. The molecule has 146 valence electrons. The van der Waals surface area contributed by atoms with Crippen LogP contribution in [0, 0.1) is 0 Å². The van der Waals surface area contributed by atoms with Gasteiger partial charge in [-0.3, -0.25) is 14.6 Å². The first-order chi connectivity index (χ1) is 14.2. The molecule has 0 spiro atoms. The molecular weight excluding hydrogens is 378 g/mol. The Balaban J connectivity index is 1.77. The Hall–Kier alpha value is -4.14. The van der Waals surface area contributed by atoms with Crippen molar-refractivity contribution in [2.45, 2.75) is 0 Å². The molecule has 0 fully saturated rings. The molecular formula is C20H15N3O6. The number of furan rings is 1. The largest absolute Gasteiger partial charge is 0.495 e. The van der Waals surface area contributed by atoms with Crippen LogP contribution >= 0.6 is 0 Å². The van der Waals surface area contributed by atoms with E-state index in [2.05, 4.69) is 15.5 Å². The molecule has 0 saturated heterocycles. The average Bonchev–Trinajstić information content (AvgIpc) is 3.23. The summed E-state index contributed by atoms with van der Waals surface area (Å²) < 4.78 is 21.9. The molecule has 4 aromatic rings. The molecule has 4 rings (SSSR count). The number of amides is 1. The van der Waals surface area contributed by atoms with E-state index in [4.69, 9.17) is 18.3 Å². The molecule has 0 aliphatic rings. The standard InChI is InChI=1S/C20H15N3O6/c1-26-16-13-5-7-28-17(13)19(27-2)18-14(16)15(24)12(10-29-18)9-22-23-20(25)11-4-3-6-21-8-11/h3-10H,1-2H3,(H,23,25)/b22-9+. The highest BCUT2D eigenvalue weighted by Crippen LogP contribution is 2.41. The van der Waals surface area contributed by atoms with Crippen LogP contribution in [0.15, 0.2) is 61.8 Å². The van der Waals surface area contributed by atoms with E-state index < -0.39 is 11.3 Å². The van der Waals surface area contributed by atoms with Gasteiger partial charge in [-0.1, -0.05) is 0 Å². The lowest BCUT2D eigenvalue weighted by atomic mass is 10.1. The van der Waals surface area contributed by atoms with Crippen LogP contribution in [0.4, 0.5) is 0 Å². The maximum atomic E-state index is 13.0. The van der Waals surface area contributed by atoms with E-state index in [9.17, 15) is 9.59 Å². The number of hydrazone groups is 1. The number of aromatic nitrogens is 1. The van der Waals surface area contributed by atoms with Gasteiger partial charge in [0, 0.05) is 12.4 Å². The van der Waals surface area contributed by atoms with Crippen molar-refractivity contribution in [2.75, 3.05) is 14.2 Å². The first kappa shape index (κ1) is 18.2. The number of nitrogens with zero attached hydrogens (tertiary/aromatic N) is 2. The second-order valence-electron chi connectivity index (χ2n) is 5.90. The maximum Gasteiger partial charge on any atom is 0.272 e. The van der Waals surface area contributed by atoms with Crippen molar-refractivity contribution in [3.05, 3.63) is 64.5 Å². The van der Waals surface area contributed by atoms with Gasteiger partial charge in [0.25, 0.3) is 5.91 Å². The van der Waals surface area contributed by atoms with Crippen molar-refractivity contribution in [1.29, 1.82) is 0 Å². The summed E-state index contributed by atoms with van der Waals surface area (Å²) >= 11 is 0. The SMILES string of the molecule is COc1c2occc2c(OC)c2c(=O)c(/C=N/NC(=O)c3cccnc3)coc12. The van der Waals surface area contributed by atoms with Crippen LogP contribution in [0.25, 0.3) is 21.9 Å². The zero-order valence-corrected chi connectivity index (χ0v) is 15.5. The molecule has 9 nitrogen and oxygen atoms in total. The molecule has 1 amide bonds. The number of benzene rings is 1. The van der Waals surface area contributed by atoms with Gasteiger partial charge in [0.05, 0.1) is 43.2 Å². The smallest absolute Gasteiger partial charge is 0.272 e. The predicted octanol–water partition coefficient (Wildman–Crippen LogP) is 2.72. The van der Waals surface area contributed by atoms with E-state index in [1.807, 2.05) is 0 Å². The summed E-state index contributed by atoms with van der Waals surface area (Å²) in [6.45, 7) is 0. The van der Waals surface area contributed by atoms with Crippen molar-refractivity contribution in [3.8, 4) is 11.5 Å². The number of hydrogen-bond donors (Lipinski definition) is 1. The summed E-state index contributed by atoms with van der Waals surface area (Å²) in [6.07, 6.45) is 6.85. The van der Waals surface area contributed by atoms with Crippen molar-refractivity contribution in [3.63, 3.8) is 0 Å². The van der Waals surface area contributed by atoms with Gasteiger partial charge in [-0.05, 0) is 18.2 Å². The molecule has 1 aromatic carbocycles. The van der Waals surface area contributed by atoms with E-state index in [-0.39, 0.29) is 22.3 Å². The number of nitrogens with one attached hydrogen (secondary N) is 1. The first-order valence-electron chi connectivity index (χ1n) is 8.45. The fourth-order valence-electron chi connectivity index (χ4n) is 2.97. The zero-order chi connectivity index (χ0) is 20.4. The summed E-state index contributed by atoms with van der Waals surface area (Å²) in [4.78, 5) is 28.9. The Labute approximate surface area is 163 Å². The molecule has 0 saturated carbocycles. The van der Waals surface area contributed by atoms with Crippen LogP contribution in [0.1, 0.15) is 15.9 Å². The van der Waals surface area contributed by atoms with Crippen LogP contribution < -0.4 is 20.3 Å². The highest BCUT2D eigenvalue weighted by molar-refractivity contribution is 6.07. The van der Waals surface area contributed by atoms with E-state index in [0.717, 1.165) is 0 Å². The van der Waals surface area contributed by atoms with Gasteiger partial charge in [0.15, 0.2) is 11.2 Å². The summed E-state index contributed by atoms with van der Waals surface area (Å²) in [6, 6.07) is 4.90. The summed E-state index contributed by atoms with van der Waals surface area (Å²) in [5, 5.41) is 4.59. The normalized spacial score (nSPS) is 11.2. The molecule has 0 atom stereocenters. The summed E-state index contributed by atoms with van der Waals surface area (Å²) in [7, 11) is 2.90. The predicted molar refractivity (Wildman–Crippen MR) is 105 cm³/mol. The zero-order valence-electron chi connectivity index (χ0n) is 15.5. The summed E-state index contributed by atoms with van der Waals surface area (Å²) in [5.74, 6) is 0.123. The van der Waals surface area contributed by atoms with Gasteiger partial charge >= 0.3 is 0 Å². The lowest BCUT2D eigenvalue weighted by Gasteiger charge is -2.10. The molecule has 3 heterocycles. The van der Waals surface area contributed by atoms with Gasteiger partial charge in [-0.25, -0.2) is 5.43 Å². The minimum Gasteiger partial charge on any atom is -0.495 e. The number of carbonyl (C=O) groups is 1. The van der Waals surface area contributed by atoms with E-state index in [1.165, 1.54) is 39.2 Å². The van der Waals surface area contributed by atoms with E-state index in [1.54, 1.807) is 24.4 Å². The number of methoxy groups -OCH3 is 2. The average molecular weight is 393 g/mol. The highest BCUT2D eigenvalue weighted by atomic mass is 16.5. The van der Waals surface area contributed by atoms with Crippen LogP contribution in [0.3, 0.4) is 0 Å². The van der Waals surface area contributed by atoms with Crippen molar-refractivity contribution in [1.82, 2.24) is 10.4 Å². The van der Waals surface area contributed by atoms with Crippen molar-refractivity contribution in [2.24, 2.45) is 5.10 Å². The van der Waals surface area contributed by atoms with Gasteiger partial charge < -0.3 is 18.3 Å². The summed E-state index contributed by atoms with van der Waals surface area (Å²) in [5.41, 5.74) is 2.99. The number of pyridine rings is 1. The van der Waals surface area contributed by atoms with Crippen LogP contribution in [-0.2, 0) is 0 Å². The number of carbonyl (C=O) groups excluding carboxylic acids is 1. The molecule has 1 N–H and O–H groups in total. The molecule has 0 radical (unpaired) electrons. The third-order valence-corrected chi connectivity index (χ3v) is 4.27. The second-order valence-corrected chi connectivity index (χ2v) is 5.90. The Morgan fingerprint density at radius 2 is 2.00 bits per heavy atom. The van der Waals surface area contributed by atoms with Crippen LogP contribution in [-0.4, -0.2) is 31.3 Å². The fourth-order valence-corrected chi connectivity index (χ4v) is 2.97. The second kappa shape index (κ2) is 7.47. The van der Waals surface area contributed by atoms with Gasteiger partial charge in [-0.15, -0.1) is 0 Å². The van der Waals surface area contributed by atoms with Crippen molar-refractivity contribution >= 4 is 34.1 Å². The third-order valence-electron chi connectivity index (χ3n) is 4.27. The number of ether oxygens (including phenoxy) is 2. The van der Waals surface area contributed by atoms with Gasteiger partial charge in [-0.2, -0.15) is 5.10 Å². The van der Waals surface area contributed by atoms with Gasteiger partial charge in [0.2, 0.25) is 11.2 Å². The maximum absolute atomic E-state index is 13.0. The third kappa shape index (κ3) is 3.08. The molecule has 0 aliphatic heterocycles. The Morgan fingerprint density at radius 1 is 1.17 bits per heavy atom. The molecule has 0 aliphatic carbocycles. The number of rotatable bonds is 5. The molecule has 9 heteroatoms. The topological polar surface area (TPSA) is 116 Å². The van der Waals surface area contributed by atoms with E-state index >= 15 is 0 Å². The molecule has 0 bridgehead atoms. The molecule has 29 heavy (non-hydrogen) atoms. The van der Waals surface area contributed by atoms with E-state index in [0.29, 0.717) is 22.3 Å². The number of hydrogen-bond acceptors (Lipinski definition) is 8. The minimum absolute atomic E-state index is 0.118. The Kier molecular flexibility index (Phi) is 4.70. The fraction of sp³-hybridized carbons (Fsp3) is 0.100.